The number of methoxy groups -OCH3 is 2. The van der Waals surface area contributed by atoms with Crippen molar-refractivity contribution in [3.05, 3.63) is 35.9 Å². The van der Waals surface area contributed by atoms with Crippen LogP contribution in [0.25, 0.3) is 0 Å². The van der Waals surface area contributed by atoms with Crippen LogP contribution in [0.4, 0.5) is 0 Å². The van der Waals surface area contributed by atoms with Crippen LogP contribution in [0.15, 0.2) is 24.8 Å². The number of ether oxygens (including phenoxy) is 2. The van der Waals surface area contributed by atoms with Gasteiger partial charge < -0.3 is 15.2 Å². The lowest BCUT2D eigenvalue weighted by molar-refractivity contribution is 0.376. The summed E-state index contributed by atoms with van der Waals surface area (Å²) >= 11 is 0. The Bertz CT molecular complexity index is 368. The first-order valence-corrected chi connectivity index (χ1v) is 5.73. The van der Waals surface area contributed by atoms with Crippen molar-refractivity contribution in [2.24, 2.45) is 5.73 Å². The van der Waals surface area contributed by atoms with Crippen molar-refractivity contribution in [3.8, 4) is 11.5 Å². The molecule has 0 amide bonds. The number of halogens is 1. The summed E-state index contributed by atoms with van der Waals surface area (Å²) in [6.45, 7) is 5.71. The zero-order valence-corrected chi connectivity index (χ0v) is 12.0. The van der Waals surface area contributed by atoms with Crippen molar-refractivity contribution < 1.29 is 9.47 Å². The monoisotopic (exact) mass is 271 g/mol. The normalized spacial score (nSPS) is 11.3. The summed E-state index contributed by atoms with van der Waals surface area (Å²) in [5.74, 6) is 1.58. The fraction of sp³-hybridized carbons (Fsp3) is 0.429. The van der Waals surface area contributed by atoms with Crippen LogP contribution in [0.1, 0.15) is 30.0 Å². The minimum absolute atomic E-state index is 0. The summed E-state index contributed by atoms with van der Waals surface area (Å²) in [6.07, 6.45) is 3.58. The van der Waals surface area contributed by atoms with E-state index < -0.39 is 0 Å². The smallest absolute Gasteiger partial charge is 0.127 e. The lowest BCUT2D eigenvalue weighted by Gasteiger charge is -2.19. The molecule has 4 heteroatoms. The van der Waals surface area contributed by atoms with Crippen LogP contribution in [-0.2, 0) is 0 Å². The van der Waals surface area contributed by atoms with Gasteiger partial charge >= 0.3 is 0 Å². The second-order valence-corrected chi connectivity index (χ2v) is 4.06. The van der Waals surface area contributed by atoms with Gasteiger partial charge in [0, 0.05) is 6.04 Å². The van der Waals surface area contributed by atoms with E-state index >= 15 is 0 Å². The first kappa shape index (κ1) is 16.8. The highest BCUT2D eigenvalue weighted by Gasteiger charge is 2.17. The molecule has 0 radical (unpaired) electrons. The number of hydrogen-bond donors (Lipinski definition) is 1. The van der Waals surface area contributed by atoms with E-state index in [9.17, 15) is 0 Å². The first-order valence-electron chi connectivity index (χ1n) is 5.73. The lowest BCUT2D eigenvalue weighted by Crippen LogP contribution is -2.13. The van der Waals surface area contributed by atoms with E-state index in [1.54, 1.807) is 14.2 Å². The number of aryl methyl sites for hydroxylation is 1. The summed E-state index contributed by atoms with van der Waals surface area (Å²) in [5.41, 5.74) is 8.20. The second-order valence-electron chi connectivity index (χ2n) is 4.06. The van der Waals surface area contributed by atoms with Gasteiger partial charge in [0.05, 0.1) is 19.8 Å². The fourth-order valence-electron chi connectivity index (χ4n) is 1.88. The molecule has 0 fully saturated rings. The maximum Gasteiger partial charge on any atom is 0.127 e. The largest absolute Gasteiger partial charge is 0.496 e. The zero-order valence-electron chi connectivity index (χ0n) is 11.2. The van der Waals surface area contributed by atoms with Crippen molar-refractivity contribution in [1.82, 2.24) is 0 Å². The molecular formula is C14H22ClNO2. The van der Waals surface area contributed by atoms with E-state index in [2.05, 4.69) is 6.58 Å². The van der Waals surface area contributed by atoms with Crippen LogP contribution in [-0.4, -0.2) is 14.2 Å². The van der Waals surface area contributed by atoms with Crippen molar-refractivity contribution in [2.45, 2.75) is 25.8 Å². The molecule has 0 heterocycles. The van der Waals surface area contributed by atoms with E-state index in [-0.39, 0.29) is 18.4 Å². The number of nitrogens with two attached hydrogens (primary N) is 1. The summed E-state index contributed by atoms with van der Waals surface area (Å²) < 4.78 is 10.8. The molecule has 0 aliphatic rings. The third-order valence-electron chi connectivity index (χ3n) is 2.74. The van der Waals surface area contributed by atoms with E-state index in [0.717, 1.165) is 35.5 Å². The molecule has 2 N–H and O–H groups in total. The number of rotatable bonds is 6. The molecule has 0 aliphatic carbocycles. The predicted molar refractivity (Wildman–Crippen MR) is 77.9 cm³/mol. The lowest BCUT2D eigenvalue weighted by atomic mass is 9.99. The molecule has 0 bridgehead atoms. The molecule has 1 atom stereocenters. The minimum atomic E-state index is -0.0986. The molecule has 0 aromatic heterocycles. The van der Waals surface area contributed by atoms with Gasteiger partial charge in [0.1, 0.15) is 11.5 Å². The third kappa shape index (κ3) is 3.93. The molecule has 0 saturated carbocycles. The highest BCUT2D eigenvalue weighted by atomic mass is 35.5. The summed E-state index contributed by atoms with van der Waals surface area (Å²) in [4.78, 5) is 0. The SMILES string of the molecule is C=CCC[C@H](N)c1c(OC)cc(C)cc1OC.Cl. The van der Waals surface area contributed by atoms with E-state index in [0.29, 0.717) is 0 Å². The van der Waals surface area contributed by atoms with E-state index in [1.807, 2.05) is 25.1 Å². The molecule has 102 valence electrons. The Morgan fingerprint density at radius 1 is 1.28 bits per heavy atom. The second kappa shape index (κ2) is 8.01. The Kier molecular flexibility index (Phi) is 7.48. The average molecular weight is 272 g/mol. The highest BCUT2D eigenvalue weighted by molar-refractivity contribution is 5.85. The Morgan fingerprint density at radius 2 is 1.78 bits per heavy atom. The highest BCUT2D eigenvalue weighted by Crippen LogP contribution is 2.36. The Morgan fingerprint density at radius 3 is 2.17 bits per heavy atom. The van der Waals surface area contributed by atoms with Gasteiger partial charge in [-0.3, -0.25) is 0 Å². The van der Waals surface area contributed by atoms with Gasteiger partial charge in [-0.2, -0.15) is 0 Å². The van der Waals surface area contributed by atoms with E-state index in [4.69, 9.17) is 15.2 Å². The van der Waals surface area contributed by atoms with Crippen LogP contribution in [0.3, 0.4) is 0 Å². The Balaban J connectivity index is 0.00000289. The van der Waals surface area contributed by atoms with Gasteiger partial charge in [-0.25, -0.2) is 0 Å². The minimum Gasteiger partial charge on any atom is -0.496 e. The van der Waals surface area contributed by atoms with E-state index in [1.165, 1.54) is 0 Å². The molecule has 0 aliphatic heterocycles. The molecule has 1 aromatic carbocycles. The van der Waals surface area contributed by atoms with Crippen molar-refractivity contribution in [1.29, 1.82) is 0 Å². The van der Waals surface area contributed by atoms with Crippen molar-refractivity contribution >= 4 is 12.4 Å². The Labute approximate surface area is 115 Å². The maximum absolute atomic E-state index is 6.18. The fourth-order valence-corrected chi connectivity index (χ4v) is 1.88. The standard InChI is InChI=1S/C14H21NO2.ClH/c1-5-6-7-11(15)14-12(16-3)8-10(2)9-13(14)17-4;/h5,8-9,11H,1,6-7,15H2,2-4H3;1H/t11-;/m0./s1. The molecule has 0 unspecified atom stereocenters. The zero-order chi connectivity index (χ0) is 12.8. The molecule has 1 aromatic rings. The maximum atomic E-state index is 6.18. The van der Waals surface area contributed by atoms with Crippen LogP contribution in [0.5, 0.6) is 11.5 Å². The Hall–Kier alpha value is -1.19. The molecule has 18 heavy (non-hydrogen) atoms. The van der Waals surface area contributed by atoms with Gasteiger partial charge in [0.25, 0.3) is 0 Å². The average Bonchev–Trinajstić information content (AvgIpc) is 2.34. The van der Waals surface area contributed by atoms with Gasteiger partial charge in [-0.1, -0.05) is 6.08 Å². The van der Waals surface area contributed by atoms with Crippen molar-refractivity contribution in [2.75, 3.05) is 14.2 Å². The van der Waals surface area contributed by atoms with Crippen LogP contribution >= 0.6 is 12.4 Å². The van der Waals surface area contributed by atoms with Gasteiger partial charge in [-0.15, -0.1) is 19.0 Å². The predicted octanol–water partition coefficient (Wildman–Crippen LogP) is 3.40. The summed E-state index contributed by atoms with van der Waals surface area (Å²) in [6, 6.07) is 3.86. The summed E-state index contributed by atoms with van der Waals surface area (Å²) in [5, 5.41) is 0. The van der Waals surface area contributed by atoms with Crippen LogP contribution in [0, 0.1) is 6.92 Å². The summed E-state index contributed by atoms with van der Waals surface area (Å²) in [7, 11) is 3.30. The number of allylic oxidation sites excluding steroid dienone is 1. The van der Waals surface area contributed by atoms with Gasteiger partial charge in [0.15, 0.2) is 0 Å². The molecule has 1 rings (SSSR count). The first-order chi connectivity index (χ1) is 8.13. The van der Waals surface area contributed by atoms with Crippen LogP contribution in [0.2, 0.25) is 0 Å². The molecule has 0 saturated heterocycles. The van der Waals surface area contributed by atoms with Gasteiger partial charge in [0.2, 0.25) is 0 Å². The van der Waals surface area contributed by atoms with Gasteiger partial charge in [-0.05, 0) is 37.5 Å². The number of benzene rings is 1. The molecule has 3 nitrogen and oxygen atoms in total. The quantitative estimate of drug-likeness (QED) is 0.807. The third-order valence-corrected chi connectivity index (χ3v) is 2.74. The molecule has 0 spiro atoms. The van der Waals surface area contributed by atoms with Crippen molar-refractivity contribution in [3.63, 3.8) is 0 Å². The molecular weight excluding hydrogens is 250 g/mol. The van der Waals surface area contributed by atoms with Crippen LogP contribution < -0.4 is 15.2 Å². The topological polar surface area (TPSA) is 44.5 Å². The number of hydrogen-bond acceptors (Lipinski definition) is 3.